The van der Waals surface area contributed by atoms with Crippen molar-refractivity contribution >= 4 is 23.7 Å². The summed E-state index contributed by atoms with van der Waals surface area (Å²) in [5.74, 6) is -3.11. The predicted molar refractivity (Wildman–Crippen MR) is 46.5 cm³/mol. The number of carboxylic acids is 1. The van der Waals surface area contributed by atoms with Crippen LogP contribution >= 0.6 is 0 Å². The van der Waals surface area contributed by atoms with Crippen LogP contribution in [0.3, 0.4) is 0 Å². The Morgan fingerprint density at radius 2 is 1.73 bits per heavy atom. The van der Waals surface area contributed by atoms with Gasteiger partial charge in [0, 0.05) is 12.2 Å². The molecule has 7 heteroatoms. The molecule has 15 heavy (non-hydrogen) atoms. The number of amides is 3. The number of hydrogen-bond donors (Lipinski definition) is 2. The molecular formula is C8H8N2O5. The average Bonchev–Trinajstić information content (AvgIpc) is 2.12. The van der Waals surface area contributed by atoms with Gasteiger partial charge in [-0.1, -0.05) is 0 Å². The number of hydrogen-bond acceptors (Lipinski definition) is 4. The molecule has 0 bridgehead atoms. The van der Waals surface area contributed by atoms with Crippen molar-refractivity contribution in [3.05, 3.63) is 12.2 Å². The molecule has 1 fully saturated rings. The molecule has 80 valence electrons. The number of carbonyl (C=O) groups is 4. The zero-order valence-corrected chi connectivity index (χ0v) is 7.60. The summed E-state index contributed by atoms with van der Waals surface area (Å²) in [5, 5.41) is 10.3. The van der Waals surface area contributed by atoms with Crippen LogP contribution < -0.4 is 5.32 Å². The van der Waals surface area contributed by atoms with Crippen molar-refractivity contribution in [3.63, 3.8) is 0 Å². The zero-order valence-electron chi connectivity index (χ0n) is 7.60. The number of piperazine rings is 1. The fourth-order valence-corrected chi connectivity index (χ4v) is 1.04. The number of carbonyl (C=O) groups excluding carboxylic acids is 3. The Balaban J connectivity index is 2.63. The summed E-state index contributed by atoms with van der Waals surface area (Å²) in [7, 11) is 0. The number of aliphatic carboxylic acids is 1. The Hall–Kier alpha value is -2.18. The van der Waals surface area contributed by atoms with Crippen molar-refractivity contribution in [2.75, 3.05) is 13.1 Å². The van der Waals surface area contributed by atoms with Crippen LogP contribution in [0.1, 0.15) is 0 Å². The van der Waals surface area contributed by atoms with E-state index in [0.717, 1.165) is 11.0 Å². The van der Waals surface area contributed by atoms with Crippen molar-refractivity contribution in [3.8, 4) is 0 Å². The highest BCUT2D eigenvalue weighted by molar-refractivity contribution is 6.04. The lowest BCUT2D eigenvalue weighted by atomic mass is 10.3. The minimum absolute atomic E-state index is 0.242. The molecule has 0 aromatic rings. The molecule has 2 N–H and O–H groups in total. The molecule has 3 amide bonds. The molecule has 0 atom stereocenters. The second kappa shape index (κ2) is 4.36. The molecule has 1 rings (SSSR count). The van der Waals surface area contributed by atoms with Gasteiger partial charge in [-0.05, 0) is 0 Å². The first-order valence-corrected chi connectivity index (χ1v) is 4.01. The molecule has 1 aliphatic heterocycles. The largest absolute Gasteiger partial charge is 0.478 e. The van der Waals surface area contributed by atoms with Crippen molar-refractivity contribution < 1.29 is 24.3 Å². The maximum absolute atomic E-state index is 11.2. The molecule has 0 aliphatic carbocycles. The molecule has 0 unspecified atom stereocenters. The van der Waals surface area contributed by atoms with E-state index in [1.54, 1.807) is 0 Å². The standard InChI is InChI=1S/C8H8N2O5/c11-5-3-10(4-6(12)9-5)7(13)1-2-8(14)15/h1-2H,3-4H2,(H,14,15)(H,9,11,12)/b2-1+. The van der Waals surface area contributed by atoms with Crippen molar-refractivity contribution in [2.24, 2.45) is 0 Å². The van der Waals surface area contributed by atoms with Gasteiger partial charge in [0.25, 0.3) is 0 Å². The van der Waals surface area contributed by atoms with Gasteiger partial charge in [-0.2, -0.15) is 0 Å². The summed E-state index contributed by atoms with van der Waals surface area (Å²) in [5.41, 5.74) is 0. The lowest BCUT2D eigenvalue weighted by Gasteiger charge is -2.23. The normalized spacial score (nSPS) is 16.7. The van der Waals surface area contributed by atoms with Crippen LogP contribution in [0, 0.1) is 0 Å². The fraction of sp³-hybridized carbons (Fsp3) is 0.250. The van der Waals surface area contributed by atoms with Gasteiger partial charge in [0.05, 0.1) is 0 Å². The minimum Gasteiger partial charge on any atom is -0.478 e. The van der Waals surface area contributed by atoms with E-state index >= 15 is 0 Å². The maximum Gasteiger partial charge on any atom is 0.328 e. The van der Waals surface area contributed by atoms with E-state index in [1.165, 1.54) is 0 Å². The Morgan fingerprint density at radius 3 is 2.20 bits per heavy atom. The summed E-state index contributed by atoms with van der Waals surface area (Å²) in [6, 6.07) is 0. The molecule has 1 heterocycles. The van der Waals surface area contributed by atoms with Crippen LogP contribution in [0.2, 0.25) is 0 Å². The van der Waals surface area contributed by atoms with E-state index < -0.39 is 23.7 Å². The highest BCUT2D eigenvalue weighted by atomic mass is 16.4. The van der Waals surface area contributed by atoms with Gasteiger partial charge in [0.15, 0.2) is 0 Å². The Bertz CT molecular complexity index is 344. The third-order valence-electron chi connectivity index (χ3n) is 1.63. The van der Waals surface area contributed by atoms with Gasteiger partial charge in [-0.15, -0.1) is 0 Å². The fourth-order valence-electron chi connectivity index (χ4n) is 1.04. The number of carboxylic acid groups (broad SMARTS) is 1. The Kier molecular flexibility index (Phi) is 3.17. The summed E-state index contributed by atoms with van der Waals surface area (Å²) in [4.78, 5) is 44.0. The Labute approximate surface area is 84.3 Å². The lowest BCUT2D eigenvalue weighted by Crippen LogP contribution is -2.53. The molecular weight excluding hydrogens is 204 g/mol. The van der Waals surface area contributed by atoms with Crippen LogP contribution in [0.25, 0.3) is 0 Å². The van der Waals surface area contributed by atoms with E-state index in [1.807, 2.05) is 5.32 Å². The Morgan fingerprint density at radius 1 is 1.20 bits per heavy atom. The van der Waals surface area contributed by atoms with E-state index in [4.69, 9.17) is 5.11 Å². The topological polar surface area (TPSA) is 104 Å². The van der Waals surface area contributed by atoms with Crippen LogP contribution in [0.5, 0.6) is 0 Å². The first kappa shape index (κ1) is 10.9. The summed E-state index contributed by atoms with van der Waals surface area (Å²) < 4.78 is 0. The molecule has 0 spiro atoms. The van der Waals surface area contributed by atoms with E-state index in [9.17, 15) is 19.2 Å². The van der Waals surface area contributed by atoms with Crippen LogP contribution in [-0.4, -0.2) is 46.8 Å². The molecule has 1 saturated heterocycles. The third-order valence-corrected chi connectivity index (χ3v) is 1.63. The monoisotopic (exact) mass is 212 g/mol. The molecule has 1 aliphatic rings. The quantitative estimate of drug-likeness (QED) is 0.411. The minimum atomic E-state index is -1.27. The maximum atomic E-state index is 11.2. The van der Waals surface area contributed by atoms with Gasteiger partial charge in [-0.3, -0.25) is 19.7 Å². The summed E-state index contributed by atoms with van der Waals surface area (Å²) in [6.45, 7) is -0.483. The highest BCUT2D eigenvalue weighted by Gasteiger charge is 2.24. The predicted octanol–water partition coefficient (Wildman–Crippen LogP) is -1.89. The van der Waals surface area contributed by atoms with Gasteiger partial charge in [0.2, 0.25) is 17.7 Å². The first-order chi connectivity index (χ1) is 6.99. The van der Waals surface area contributed by atoms with E-state index in [-0.39, 0.29) is 13.1 Å². The summed E-state index contributed by atoms with van der Waals surface area (Å²) >= 11 is 0. The molecule has 0 aromatic carbocycles. The number of rotatable bonds is 2. The number of nitrogens with one attached hydrogen (secondary N) is 1. The van der Waals surface area contributed by atoms with E-state index in [2.05, 4.69) is 0 Å². The smallest absolute Gasteiger partial charge is 0.328 e. The highest BCUT2D eigenvalue weighted by Crippen LogP contribution is 1.96. The van der Waals surface area contributed by atoms with Gasteiger partial charge >= 0.3 is 5.97 Å². The van der Waals surface area contributed by atoms with Gasteiger partial charge < -0.3 is 10.0 Å². The molecule has 0 aromatic heterocycles. The lowest BCUT2D eigenvalue weighted by molar-refractivity contribution is -0.143. The van der Waals surface area contributed by atoms with Crippen molar-refractivity contribution in [2.45, 2.75) is 0 Å². The van der Waals surface area contributed by atoms with Crippen LogP contribution in [0.4, 0.5) is 0 Å². The van der Waals surface area contributed by atoms with Crippen LogP contribution in [0.15, 0.2) is 12.2 Å². The second-order valence-electron chi connectivity index (χ2n) is 2.84. The summed E-state index contributed by atoms with van der Waals surface area (Å²) in [6.07, 6.45) is 1.45. The number of nitrogens with zero attached hydrogens (tertiary/aromatic N) is 1. The van der Waals surface area contributed by atoms with E-state index in [0.29, 0.717) is 6.08 Å². The van der Waals surface area contributed by atoms with Crippen molar-refractivity contribution in [1.29, 1.82) is 0 Å². The third kappa shape index (κ3) is 3.22. The SMILES string of the molecule is O=C(O)/C=C/C(=O)N1CC(=O)NC(=O)C1. The van der Waals surface area contributed by atoms with Gasteiger partial charge in [-0.25, -0.2) is 4.79 Å². The van der Waals surface area contributed by atoms with Crippen LogP contribution in [-0.2, 0) is 19.2 Å². The second-order valence-corrected chi connectivity index (χ2v) is 2.84. The molecule has 0 saturated carbocycles. The van der Waals surface area contributed by atoms with Gasteiger partial charge in [0.1, 0.15) is 13.1 Å². The number of imide groups is 1. The zero-order chi connectivity index (χ0) is 11.4. The first-order valence-electron chi connectivity index (χ1n) is 4.01. The van der Waals surface area contributed by atoms with Crippen molar-refractivity contribution in [1.82, 2.24) is 10.2 Å². The average molecular weight is 212 g/mol. The molecule has 7 nitrogen and oxygen atoms in total. The molecule has 0 radical (unpaired) electrons.